The predicted molar refractivity (Wildman–Crippen MR) is 79.3 cm³/mol. The maximum atomic E-state index is 14.5. The molecule has 0 bridgehead atoms. The minimum atomic E-state index is -2.35. The first-order valence-electron chi connectivity index (χ1n) is 7.10. The van der Waals surface area contributed by atoms with E-state index in [9.17, 15) is 17.8 Å². The van der Waals surface area contributed by atoms with E-state index in [1.54, 1.807) is 0 Å². The van der Waals surface area contributed by atoms with Gasteiger partial charge in [-0.25, -0.2) is 22.5 Å². The minimum Gasteiger partial charge on any atom is -0.480 e. The Kier molecular flexibility index (Phi) is 6.35. The van der Waals surface area contributed by atoms with Crippen LogP contribution in [0.1, 0.15) is 24.0 Å². The van der Waals surface area contributed by atoms with E-state index in [1.807, 2.05) is 0 Å². The minimum absolute atomic E-state index is 0.0848. The van der Waals surface area contributed by atoms with Gasteiger partial charge in [0.15, 0.2) is 0 Å². The van der Waals surface area contributed by atoms with Gasteiger partial charge in [0.2, 0.25) is 11.3 Å². The third-order valence-electron chi connectivity index (χ3n) is 3.79. The van der Waals surface area contributed by atoms with Crippen LogP contribution in [-0.2, 0) is 37.7 Å². The van der Waals surface area contributed by atoms with Crippen LogP contribution in [0.25, 0.3) is 0 Å². The number of carboxylic acids is 1. The fraction of sp³-hybridized carbons (Fsp3) is 0.500. The first-order valence-corrected chi connectivity index (χ1v) is 8.21. The highest BCUT2D eigenvalue weighted by atomic mass is 32.2. The fourth-order valence-corrected chi connectivity index (χ4v) is 2.88. The van der Waals surface area contributed by atoms with Crippen molar-refractivity contribution in [1.29, 1.82) is 0 Å². The zero-order chi connectivity index (χ0) is 17.7. The number of rotatable bonds is 7. The van der Waals surface area contributed by atoms with Gasteiger partial charge in [0.25, 0.3) is 0 Å². The molecule has 1 aliphatic heterocycles. The molecule has 2 rings (SSSR count). The van der Waals surface area contributed by atoms with Crippen molar-refractivity contribution in [2.45, 2.75) is 25.0 Å². The molecule has 0 aliphatic carbocycles. The second kappa shape index (κ2) is 8.08. The Morgan fingerprint density at radius 1 is 1.33 bits per heavy atom. The number of aliphatic carboxylic acids is 1. The van der Waals surface area contributed by atoms with Crippen LogP contribution < -0.4 is 4.72 Å². The molecule has 1 aromatic rings. The van der Waals surface area contributed by atoms with E-state index in [0.29, 0.717) is 0 Å². The van der Waals surface area contributed by atoms with Crippen molar-refractivity contribution in [3.63, 3.8) is 0 Å². The predicted octanol–water partition coefficient (Wildman–Crippen LogP) is 1.30. The molecule has 0 spiro atoms. The van der Waals surface area contributed by atoms with Gasteiger partial charge in [-0.15, -0.1) is 0 Å². The summed E-state index contributed by atoms with van der Waals surface area (Å²) >= 11 is -2.35. The van der Waals surface area contributed by atoms with E-state index >= 15 is 0 Å². The molecule has 1 heterocycles. The van der Waals surface area contributed by atoms with E-state index in [1.165, 1.54) is 0 Å². The maximum absolute atomic E-state index is 14.5. The molecule has 0 saturated carbocycles. The van der Waals surface area contributed by atoms with Crippen LogP contribution in [0.5, 0.6) is 0 Å². The molecule has 0 radical (unpaired) electrons. The number of carboxylic acid groups (broad SMARTS) is 1. The summed E-state index contributed by atoms with van der Waals surface area (Å²) in [5, 5.41) is 8.81. The zero-order valence-electron chi connectivity index (χ0n) is 12.6. The number of halogens is 2. The third kappa shape index (κ3) is 4.54. The van der Waals surface area contributed by atoms with Crippen molar-refractivity contribution in [2.24, 2.45) is 0 Å². The van der Waals surface area contributed by atoms with Gasteiger partial charge in [0.05, 0.1) is 0 Å². The van der Waals surface area contributed by atoms with Crippen molar-refractivity contribution in [1.82, 2.24) is 4.72 Å². The Balaban J connectivity index is 2.33. The summed E-state index contributed by atoms with van der Waals surface area (Å²) in [6, 6.07) is 1.85. The van der Waals surface area contributed by atoms with E-state index in [2.05, 4.69) is 4.72 Å². The summed E-state index contributed by atoms with van der Waals surface area (Å²) in [5.74, 6) is -2.77. The summed E-state index contributed by atoms with van der Waals surface area (Å²) in [6.45, 7) is -0.521. The Morgan fingerprint density at radius 2 is 2.00 bits per heavy atom. The standard InChI is InChI=1S/C14H17F2NO6S/c15-11-6-10(12(16)5-9(11)7-17-24(20)21)14(23-8-13(18)19)1-3-22-4-2-14/h5-6,17H,1-4,7-8H2,(H,18,19)(H,20,21). The molecule has 1 saturated heterocycles. The Hall–Kier alpha value is -1.46. The van der Waals surface area contributed by atoms with Gasteiger partial charge in [-0.05, 0) is 12.1 Å². The smallest absolute Gasteiger partial charge is 0.329 e. The second-order valence-corrected chi connectivity index (χ2v) is 6.07. The summed E-state index contributed by atoms with van der Waals surface area (Å²) in [5.41, 5.74) is -1.50. The number of ether oxygens (including phenoxy) is 2. The van der Waals surface area contributed by atoms with E-state index in [4.69, 9.17) is 19.1 Å². The molecular formula is C14H17F2NO6S. The molecule has 1 atom stereocenters. The molecule has 0 amide bonds. The number of benzene rings is 1. The number of carbonyl (C=O) groups is 1. The van der Waals surface area contributed by atoms with Gasteiger partial charge < -0.3 is 14.6 Å². The summed E-state index contributed by atoms with van der Waals surface area (Å²) < 4.78 is 60.6. The molecule has 10 heteroatoms. The maximum Gasteiger partial charge on any atom is 0.329 e. The van der Waals surface area contributed by atoms with Gasteiger partial charge in [0, 0.05) is 43.7 Å². The highest BCUT2D eigenvalue weighted by molar-refractivity contribution is 7.77. The lowest BCUT2D eigenvalue weighted by Crippen LogP contribution is -2.39. The first kappa shape index (κ1) is 18.9. The summed E-state index contributed by atoms with van der Waals surface area (Å²) in [7, 11) is 0. The lowest BCUT2D eigenvalue weighted by Gasteiger charge is -2.37. The van der Waals surface area contributed by atoms with E-state index < -0.39 is 41.1 Å². The normalized spacial score (nSPS) is 18.3. The average Bonchev–Trinajstić information content (AvgIpc) is 2.54. The lowest BCUT2D eigenvalue weighted by atomic mass is 9.85. The SMILES string of the molecule is O=C(O)COC1(c2cc(F)c(CNS(=O)O)cc2F)CCOCC1. The first-order chi connectivity index (χ1) is 11.3. The average molecular weight is 365 g/mol. The number of nitrogens with one attached hydrogen (secondary N) is 1. The molecular weight excluding hydrogens is 348 g/mol. The van der Waals surface area contributed by atoms with Crippen molar-refractivity contribution in [3.8, 4) is 0 Å². The van der Waals surface area contributed by atoms with Crippen molar-refractivity contribution in [3.05, 3.63) is 34.9 Å². The number of hydrogen-bond acceptors (Lipinski definition) is 4. The topological polar surface area (TPSA) is 105 Å². The molecule has 1 aliphatic rings. The summed E-state index contributed by atoms with van der Waals surface area (Å²) in [6.07, 6.45) is 0.379. The quantitative estimate of drug-likeness (QED) is 0.629. The molecule has 24 heavy (non-hydrogen) atoms. The molecule has 1 fully saturated rings. The Labute approximate surface area is 139 Å². The Bertz CT molecular complexity index is 636. The number of hydrogen-bond donors (Lipinski definition) is 3. The molecule has 3 N–H and O–H groups in total. The molecule has 7 nitrogen and oxygen atoms in total. The van der Waals surface area contributed by atoms with Crippen molar-refractivity contribution < 1.29 is 36.9 Å². The van der Waals surface area contributed by atoms with Crippen molar-refractivity contribution >= 4 is 17.2 Å². The third-order valence-corrected chi connectivity index (χ3v) is 4.18. The van der Waals surface area contributed by atoms with Crippen LogP contribution in [0.4, 0.5) is 8.78 Å². The fourth-order valence-electron chi connectivity index (χ4n) is 2.60. The second-order valence-electron chi connectivity index (χ2n) is 5.28. The van der Waals surface area contributed by atoms with Crippen LogP contribution in [0.3, 0.4) is 0 Å². The largest absolute Gasteiger partial charge is 0.480 e. The highest BCUT2D eigenvalue weighted by Crippen LogP contribution is 2.38. The van der Waals surface area contributed by atoms with Gasteiger partial charge in [-0.1, -0.05) is 0 Å². The highest BCUT2D eigenvalue weighted by Gasteiger charge is 2.39. The van der Waals surface area contributed by atoms with E-state index in [-0.39, 0.29) is 43.7 Å². The molecule has 0 aromatic heterocycles. The lowest BCUT2D eigenvalue weighted by molar-refractivity contribution is -0.160. The zero-order valence-corrected chi connectivity index (χ0v) is 13.4. The molecule has 1 unspecified atom stereocenters. The molecule has 1 aromatic carbocycles. The van der Waals surface area contributed by atoms with Crippen LogP contribution >= 0.6 is 0 Å². The van der Waals surface area contributed by atoms with Crippen molar-refractivity contribution in [2.75, 3.05) is 19.8 Å². The summed E-state index contributed by atoms with van der Waals surface area (Å²) in [4.78, 5) is 10.8. The van der Waals surface area contributed by atoms with Gasteiger partial charge in [-0.3, -0.25) is 4.55 Å². The van der Waals surface area contributed by atoms with Gasteiger partial charge in [-0.2, -0.15) is 0 Å². The van der Waals surface area contributed by atoms with Crippen LogP contribution in [0, 0.1) is 11.6 Å². The van der Waals surface area contributed by atoms with E-state index in [0.717, 1.165) is 12.1 Å². The van der Waals surface area contributed by atoms with Crippen LogP contribution in [0.2, 0.25) is 0 Å². The van der Waals surface area contributed by atoms with Gasteiger partial charge in [0.1, 0.15) is 23.8 Å². The van der Waals surface area contributed by atoms with Gasteiger partial charge >= 0.3 is 5.97 Å². The monoisotopic (exact) mass is 365 g/mol. The Morgan fingerprint density at radius 3 is 2.58 bits per heavy atom. The molecule has 134 valence electrons. The van der Waals surface area contributed by atoms with Crippen LogP contribution in [-0.4, -0.2) is 39.7 Å². The van der Waals surface area contributed by atoms with Crippen LogP contribution in [0.15, 0.2) is 12.1 Å².